The second kappa shape index (κ2) is 23.7. The van der Waals surface area contributed by atoms with E-state index in [-0.39, 0.29) is 18.9 Å². The third kappa shape index (κ3) is 13.6. The van der Waals surface area contributed by atoms with Gasteiger partial charge in [0.25, 0.3) is 0 Å². The number of aliphatic hydroxyl groups is 7. The number of hydrogen-bond acceptors (Lipinski definition) is 15. The van der Waals surface area contributed by atoms with Crippen LogP contribution in [0.1, 0.15) is 116 Å². The zero-order chi connectivity index (χ0) is 38.2. The number of ether oxygens (including phenoxy) is 4. The predicted molar refractivity (Wildman–Crippen MR) is 191 cm³/mol. The summed E-state index contributed by atoms with van der Waals surface area (Å²) in [5, 5.41) is 76.1. The van der Waals surface area contributed by atoms with E-state index in [1.807, 2.05) is 0 Å². The Morgan fingerprint density at radius 2 is 1.08 bits per heavy atom. The Morgan fingerprint density at radius 1 is 0.615 bits per heavy atom. The second-order valence-corrected chi connectivity index (χ2v) is 15.1. The topological polar surface area (TPSA) is 286 Å². The van der Waals surface area contributed by atoms with E-state index in [0.717, 1.165) is 25.7 Å². The van der Waals surface area contributed by atoms with Gasteiger partial charge < -0.3 is 77.2 Å². The summed E-state index contributed by atoms with van der Waals surface area (Å²) in [6.45, 7) is 1.48. The molecular formula is C36H70N4O12. The van der Waals surface area contributed by atoms with Crippen LogP contribution in [0.4, 0.5) is 0 Å². The fourth-order valence-electron chi connectivity index (χ4n) is 7.33. The van der Waals surface area contributed by atoms with E-state index in [9.17, 15) is 40.5 Å². The first-order chi connectivity index (χ1) is 24.9. The zero-order valence-corrected chi connectivity index (χ0v) is 31.0. The number of aliphatic hydroxyl groups excluding tert-OH is 7. The van der Waals surface area contributed by atoms with Gasteiger partial charge in [-0.25, -0.2) is 0 Å². The molecule has 0 spiro atoms. The van der Waals surface area contributed by atoms with Gasteiger partial charge in [0.15, 0.2) is 12.6 Å². The highest BCUT2D eigenvalue weighted by atomic mass is 16.7. The summed E-state index contributed by atoms with van der Waals surface area (Å²) >= 11 is 0. The highest BCUT2D eigenvalue weighted by Crippen LogP contribution is 2.31. The molecule has 14 unspecified atom stereocenters. The normalized spacial score (nSPS) is 38.3. The average Bonchev–Trinajstić information content (AvgIpc) is 3.12. The van der Waals surface area contributed by atoms with Crippen molar-refractivity contribution >= 4 is 5.91 Å². The molecule has 0 radical (unpaired) electrons. The van der Waals surface area contributed by atoms with Gasteiger partial charge in [-0.2, -0.15) is 0 Å². The van der Waals surface area contributed by atoms with E-state index in [2.05, 4.69) is 12.2 Å². The molecule has 0 aromatic heterocycles. The van der Waals surface area contributed by atoms with Crippen molar-refractivity contribution in [3.8, 4) is 0 Å². The largest absolute Gasteiger partial charge is 0.394 e. The van der Waals surface area contributed by atoms with Crippen molar-refractivity contribution < 1.29 is 59.5 Å². The van der Waals surface area contributed by atoms with Crippen LogP contribution < -0.4 is 22.5 Å². The third-order valence-electron chi connectivity index (χ3n) is 10.8. The number of hydrogen-bond donors (Lipinski definition) is 11. The Hall–Kier alpha value is -1.09. The van der Waals surface area contributed by atoms with Crippen molar-refractivity contribution in [3.63, 3.8) is 0 Å². The quantitative estimate of drug-likeness (QED) is 0.0566. The van der Waals surface area contributed by atoms with Gasteiger partial charge in [-0.15, -0.1) is 0 Å². The maximum absolute atomic E-state index is 12.6. The van der Waals surface area contributed by atoms with Crippen molar-refractivity contribution in [1.82, 2.24) is 5.32 Å². The van der Waals surface area contributed by atoms with E-state index in [1.165, 1.54) is 70.6 Å². The van der Waals surface area contributed by atoms with E-state index in [1.54, 1.807) is 0 Å². The molecule has 16 nitrogen and oxygen atoms in total. The molecule has 1 aliphatic carbocycles. The minimum atomic E-state index is -1.73. The zero-order valence-electron chi connectivity index (χ0n) is 31.0. The molecule has 0 bridgehead atoms. The molecule has 0 aromatic rings. The van der Waals surface area contributed by atoms with Crippen molar-refractivity contribution in [2.75, 3.05) is 13.2 Å². The van der Waals surface area contributed by atoms with Crippen LogP contribution in [0.5, 0.6) is 0 Å². The molecule has 3 rings (SSSR count). The number of unbranched alkanes of at least 4 members (excludes halogenated alkanes) is 14. The van der Waals surface area contributed by atoms with Crippen LogP contribution in [0.25, 0.3) is 0 Å². The van der Waals surface area contributed by atoms with Crippen LogP contribution >= 0.6 is 0 Å². The fraction of sp³-hybridized carbons (Fsp3) is 0.972. The lowest BCUT2D eigenvalue weighted by atomic mass is 9.84. The standard InChI is InChI=1S/C36H70N4O12/c1-2-3-4-5-6-7-8-9-10-11-12-13-14-15-16-17-25(42)40-19-23-28(44)30(46)31(47)36(49-23)52-34-22(38)18-21(37)33(32(34)48)51-35-29(45)26(39)27(43)24(20-41)50-35/h21-24,26-36,41,43-48H,2-20,37-39H2,1H3,(H,40,42)/t21-,22?,23?,24?,26?,27?,28?,29?,30?,31?,32?,33?,34?,35?,36?/m0/s1. The van der Waals surface area contributed by atoms with E-state index in [4.69, 9.17) is 36.1 Å². The van der Waals surface area contributed by atoms with Gasteiger partial charge in [-0.1, -0.05) is 96.8 Å². The first-order valence-corrected chi connectivity index (χ1v) is 19.8. The van der Waals surface area contributed by atoms with Crippen LogP contribution in [0.2, 0.25) is 0 Å². The first-order valence-electron chi connectivity index (χ1n) is 19.8. The van der Waals surface area contributed by atoms with Crippen molar-refractivity contribution in [2.45, 2.75) is 208 Å². The number of rotatable bonds is 23. The molecular weight excluding hydrogens is 680 g/mol. The molecule has 1 saturated carbocycles. The lowest BCUT2D eigenvalue weighted by Gasteiger charge is -2.48. The SMILES string of the molecule is CCCCCCCCCCCCCCCCCC(=O)NCC1OC(OC2C(N)C[C@H](N)C(OC3OC(CO)C(O)C(N)C3O)C2O)C(O)C(O)C1O. The highest BCUT2D eigenvalue weighted by Gasteiger charge is 2.51. The minimum Gasteiger partial charge on any atom is -0.394 e. The monoisotopic (exact) mass is 750 g/mol. The van der Waals surface area contributed by atoms with Gasteiger partial charge in [0.05, 0.1) is 12.6 Å². The molecule has 3 aliphatic rings. The third-order valence-corrected chi connectivity index (χ3v) is 10.8. The fourth-order valence-corrected chi connectivity index (χ4v) is 7.33. The highest BCUT2D eigenvalue weighted by molar-refractivity contribution is 5.75. The Bertz CT molecular complexity index is 988. The molecule has 0 aromatic carbocycles. The summed E-state index contributed by atoms with van der Waals surface area (Å²) in [5.74, 6) is -0.231. The van der Waals surface area contributed by atoms with Gasteiger partial charge in [0.1, 0.15) is 61.0 Å². The molecule has 1 amide bonds. The summed E-state index contributed by atoms with van der Waals surface area (Å²) in [4.78, 5) is 12.6. The number of carbonyl (C=O) groups is 1. The second-order valence-electron chi connectivity index (χ2n) is 15.1. The predicted octanol–water partition coefficient (Wildman–Crippen LogP) is -0.872. The maximum Gasteiger partial charge on any atom is 0.220 e. The number of nitrogens with one attached hydrogen (secondary N) is 1. The van der Waals surface area contributed by atoms with E-state index in [0.29, 0.717) is 6.42 Å². The molecule has 15 atom stereocenters. The molecule has 14 N–H and O–H groups in total. The summed E-state index contributed by atoms with van der Waals surface area (Å²) in [6, 6.07) is -2.97. The Labute approximate surface area is 308 Å². The Balaban J connectivity index is 1.38. The van der Waals surface area contributed by atoms with Crippen molar-refractivity contribution in [3.05, 3.63) is 0 Å². The number of carbonyl (C=O) groups excluding carboxylic acids is 1. The molecule has 3 fully saturated rings. The van der Waals surface area contributed by atoms with Crippen LogP contribution in [0, 0.1) is 0 Å². The Kier molecular flexibility index (Phi) is 20.7. The minimum absolute atomic E-state index is 0.0557. The maximum atomic E-state index is 12.6. The van der Waals surface area contributed by atoms with Gasteiger partial charge in [0, 0.05) is 25.0 Å². The molecule has 2 saturated heterocycles. The van der Waals surface area contributed by atoms with Crippen LogP contribution in [0.15, 0.2) is 0 Å². The van der Waals surface area contributed by atoms with Crippen molar-refractivity contribution in [2.24, 2.45) is 17.2 Å². The van der Waals surface area contributed by atoms with Crippen molar-refractivity contribution in [1.29, 1.82) is 0 Å². The smallest absolute Gasteiger partial charge is 0.220 e. The van der Waals surface area contributed by atoms with Gasteiger partial charge in [-0.3, -0.25) is 4.79 Å². The van der Waals surface area contributed by atoms with Gasteiger partial charge in [0.2, 0.25) is 5.91 Å². The van der Waals surface area contributed by atoms with E-state index < -0.39 is 98.4 Å². The summed E-state index contributed by atoms with van der Waals surface area (Å²) in [6.07, 6.45) is 1.48. The molecule has 306 valence electrons. The average molecular weight is 751 g/mol. The van der Waals surface area contributed by atoms with E-state index >= 15 is 0 Å². The Morgan fingerprint density at radius 3 is 1.58 bits per heavy atom. The summed E-state index contributed by atoms with van der Waals surface area (Å²) < 4.78 is 22.9. The molecule has 2 aliphatic heterocycles. The van der Waals surface area contributed by atoms with Gasteiger partial charge in [-0.05, 0) is 12.8 Å². The first kappa shape index (κ1) is 45.3. The lowest BCUT2D eigenvalue weighted by Crippen LogP contribution is -2.68. The lowest BCUT2D eigenvalue weighted by molar-refractivity contribution is -0.332. The summed E-state index contributed by atoms with van der Waals surface area (Å²) in [5.41, 5.74) is 18.4. The van der Waals surface area contributed by atoms with Gasteiger partial charge >= 0.3 is 0 Å². The van der Waals surface area contributed by atoms with Crippen LogP contribution in [0.3, 0.4) is 0 Å². The number of nitrogens with two attached hydrogens (primary N) is 3. The summed E-state index contributed by atoms with van der Waals surface area (Å²) in [7, 11) is 0. The number of amides is 1. The van der Waals surface area contributed by atoms with Crippen LogP contribution in [-0.2, 0) is 23.7 Å². The molecule has 16 heteroatoms. The molecule has 52 heavy (non-hydrogen) atoms. The van der Waals surface area contributed by atoms with Crippen LogP contribution in [-0.4, -0.2) is 147 Å². The molecule has 2 heterocycles.